The third kappa shape index (κ3) is 3.77. The number of rotatable bonds is 3. The Kier molecular flexibility index (Phi) is 5.65. The predicted octanol–water partition coefficient (Wildman–Crippen LogP) is 3.20. The lowest BCUT2D eigenvalue weighted by atomic mass is 10.0. The number of halogens is 2. The second-order valence-electron chi connectivity index (χ2n) is 5.14. The van der Waals surface area contributed by atoms with Crippen LogP contribution in [0.15, 0.2) is 34.9 Å². The monoisotopic (exact) mass is 327 g/mol. The van der Waals surface area contributed by atoms with Crippen LogP contribution in [0.1, 0.15) is 23.1 Å². The summed E-state index contributed by atoms with van der Waals surface area (Å²) in [7, 11) is 0. The lowest BCUT2D eigenvalue weighted by Gasteiger charge is -2.36. The van der Waals surface area contributed by atoms with Crippen molar-refractivity contribution in [3.8, 4) is 0 Å². The molecule has 1 fully saturated rings. The van der Waals surface area contributed by atoms with Gasteiger partial charge < -0.3 is 9.84 Å². The molecule has 0 saturated carbocycles. The standard InChI is InChI=1S/C15H18ClN3O.ClH/c1-11-8-12(18-20-11)10-19-7-6-17-9-15(19)13-4-2-3-5-14(13)16;/h2-5,8,15,17H,6-7,9-10H2,1H3;1H. The van der Waals surface area contributed by atoms with Crippen LogP contribution in [0.3, 0.4) is 0 Å². The highest BCUT2D eigenvalue weighted by atomic mass is 35.5. The molecule has 1 saturated heterocycles. The molecule has 0 amide bonds. The third-order valence-electron chi connectivity index (χ3n) is 3.66. The number of hydrogen-bond donors (Lipinski definition) is 1. The van der Waals surface area contributed by atoms with E-state index >= 15 is 0 Å². The van der Waals surface area contributed by atoms with Crippen LogP contribution in [-0.4, -0.2) is 29.7 Å². The van der Waals surface area contributed by atoms with E-state index in [0.717, 1.165) is 42.7 Å². The summed E-state index contributed by atoms with van der Waals surface area (Å²) in [6, 6.07) is 10.3. The molecule has 1 aromatic heterocycles. The van der Waals surface area contributed by atoms with Crippen molar-refractivity contribution < 1.29 is 4.52 Å². The summed E-state index contributed by atoms with van der Waals surface area (Å²) >= 11 is 6.34. The molecule has 21 heavy (non-hydrogen) atoms. The van der Waals surface area contributed by atoms with Crippen molar-refractivity contribution in [3.63, 3.8) is 0 Å². The average Bonchev–Trinajstić information content (AvgIpc) is 2.86. The van der Waals surface area contributed by atoms with E-state index in [9.17, 15) is 0 Å². The Morgan fingerprint density at radius 3 is 2.95 bits per heavy atom. The van der Waals surface area contributed by atoms with Gasteiger partial charge in [0.05, 0.1) is 5.69 Å². The summed E-state index contributed by atoms with van der Waals surface area (Å²) in [5.41, 5.74) is 2.14. The van der Waals surface area contributed by atoms with Crippen molar-refractivity contribution in [2.75, 3.05) is 19.6 Å². The van der Waals surface area contributed by atoms with Crippen LogP contribution in [0.2, 0.25) is 5.02 Å². The van der Waals surface area contributed by atoms with Crippen LogP contribution in [0, 0.1) is 6.92 Å². The third-order valence-corrected chi connectivity index (χ3v) is 4.00. The summed E-state index contributed by atoms with van der Waals surface area (Å²) in [6.45, 7) is 5.56. The quantitative estimate of drug-likeness (QED) is 0.939. The Hall–Kier alpha value is -1.07. The van der Waals surface area contributed by atoms with Gasteiger partial charge in [-0.15, -0.1) is 12.4 Å². The number of benzene rings is 1. The number of aryl methyl sites for hydroxylation is 1. The van der Waals surface area contributed by atoms with E-state index in [1.807, 2.05) is 31.2 Å². The van der Waals surface area contributed by atoms with Gasteiger partial charge in [0, 0.05) is 43.3 Å². The van der Waals surface area contributed by atoms with Crippen molar-refractivity contribution in [1.82, 2.24) is 15.4 Å². The molecule has 0 aliphatic carbocycles. The zero-order chi connectivity index (χ0) is 13.9. The lowest BCUT2D eigenvalue weighted by molar-refractivity contribution is 0.150. The highest BCUT2D eigenvalue weighted by molar-refractivity contribution is 6.31. The van der Waals surface area contributed by atoms with Crippen molar-refractivity contribution in [2.45, 2.75) is 19.5 Å². The molecule has 1 atom stereocenters. The molecule has 3 rings (SSSR count). The fourth-order valence-electron chi connectivity index (χ4n) is 2.69. The molecule has 1 unspecified atom stereocenters. The maximum atomic E-state index is 6.34. The fourth-order valence-corrected chi connectivity index (χ4v) is 2.95. The van der Waals surface area contributed by atoms with Crippen molar-refractivity contribution in [3.05, 3.63) is 52.4 Å². The average molecular weight is 328 g/mol. The van der Waals surface area contributed by atoms with Gasteiger partial charge in [0.2, 0.25) is 0 Å². The molecule has 0 radical (unpaired) electrons. The van der Waals surface area contributed by atoms with Crippen LogP contribution in [-0.2, 0) is 6.54 Å². The van der Waals surface area contributed by atoms with Gasteiger partial charge in [0.1, 0.15) is 5.76 Å². The minimum absolute atomic E-state index is 0. The van der Waals surface area contributed by atoms with Gasteiger partial charge in [-0.25, -0.2) is 0 Å². The summed E-state index contributed by atoms with van der Waals surface area (Å²) in [4.78, 5) is 2.40. The van der Waals surface area contributed by atoms with E-state index in [0.29, 0.717) is 0 Å². The minimum Gasteiger partial charge on any atom is -0.361 e. The van der Waals surface area contributed by atoms with E-state index in [-0.39, 0.29) is 18.4 Å². The minimum atomic E-state index is 0. The Balaban J connectivity index is 0.00000161. The molecule has 2 aromatic rings. The van der Waals surface area contributed by atoms with E-state index < -0.39 is 0 Å². The van der Waals surface area contributed by atoms with E-state index in [4.69, 9.17) is 16.1 Å². The molecule has 4 nitrogen and oxygen atoms in total. The summed E-state index contributed by atoms with van der Waals surface area (Å²) in [5, 5.41) is 8.35. The van der Waals surface area contributed by atoms with Gasteiger partial charge in [-0.1, -0.05) is 35.0 Å². The number of hydrogen-bond acceptors (Lipinski definition) is 4. The normalized spacial score (nSPS) is 19.2. The summed E-state index contributed by atoms with van der Waals surface area (Å²) in [5.74, 6) is 0.851. The van der Waals surface area contributed by atoms with Gasteiger partial charge >= 0.3 is 0 Å². The van der Waals surface area contributed by atoms with Gasteiger partial charge in [0.15, 0.2) is 0 Å². The molecular weight excluding hydrogens is 309 g/mol. The van der Waals surface area contributed by atoms with Crippen LogP contribution in [0.25, 0.3) is 0 Å². The molecule has 1 aliphatic heterocycles. The number of piperazine rings is 1. The molecule has 1 aromatic carbocycles. The van der Waals surface area contributed by atoms with Crippen molar-refractivity contribution in [1.29, 1.82) is 0 Å². The zero-order valence-corrected chi connectivity index (χ0v) is 13.5. The van der Waals surface area contributed by atoms with Crippen molar-refractivity contribution >= 4 is 24.0 Å². The molecule has 2 heterocycles. The second kappa shape index (κ2) is 7.27. The maximum Gasteiger partial charge on any atom is 0.133 e. The van der Waals surface area contributed by atoms with Gasteiger partial charge in [-0.2, -0.15) is 0 Å². The highest BCUT2D eigenvalue weighted by Gasteiger charge is 2.26. The maximum absolute atomic E-state index is 6.34. The number of nitrogens with zero attached hydrogens (tertiary/aromatic N) is 2. The molecule has 0 bridgehead atoms. The first-order valence-electron chi connectivity index (χ1n) is 6.85. The molecule has 114 valence electrons. The predicted molar refractivity (Wildman–Crippen MR) is 86.0 cm³/mol. The Morgan fingerprint density at radius 1 is 1.43 bits per heavy atom. The fraction of sp³-hybridized carbons (Fsp3) is 0.400. The largest absolute Gasteiger partial charge is 0.361 e. The molecule has 0 spiro atoms. The first-order valence-corrected chi connectivity index (χ1v) is 7.23. The Bertz CT molecular complexity index is 588. The van der Waals surface area contributed by atoms with Crippen LogP contribution in [0.5, 0.6) is 0 Å². The van der Waals surface area contributed by atoms with Gasteiger partial charge in [0.25, 0.3) is 0 Å². The summed E-state index contributed by atoms with van der Waals surface area (Å²) in [6.07, 6.45) is 0. The zero-order valence-electron chi connectivity index (χ0n) is 11.9. The van der Waals surface area contributed by atoms with Crippen LogP contribution >= 0.6 is 24.0 Å². The van der Waals surface area contributed by atoms with Crippen LogP contribution in [0.4, 0.5) is 0 Å². The lowest BCUT2D eigenvalue weighted by Crippen LogP contribution is -2.45. The molecule has 6 heteroatoms. The first-order chi connectivity index (χ1) is 9.74. The SMILES string of the molecule is Cc1cc(CN2CCNCC2c2ccccc2Cl)no1.Cl. The van der Waals surface area contributed by atoms with Crippen molar-refractivity contribution in [2.24, 2.45) is 0 Å². The number of nitrogens with one attached hydrogen (secondary N) is 1. The Morgan fingerprint density at radius 2 is 2.24 bits per heavy atom. The van der Waals surface area contributed by atoms with E-state index in [1.165, 1.54) is 5.56 Å². The van der Waals surface area contributed by atoms with E-state index in [1.54, 1.807) is 0 Å². The first kappa shape index (κ1) is 16.3. The highest BCUT2D eigenvalue weighted by Crippen LogP contribution is 2.29. The smallest absolute Gasteiger partial charge is 0.133 e. The molecular formula is C15H19Cl2N3O. The molecule has 1 aliphatic rings. The molecule has 1 N–H and O–H groups in total. The topological polar surface area (TPSA) is 41.3 Å². The Labute approximate surface area is 135 Å². The number of aromatic nitrogens is 1. The van der Waals surface area contributed by atoms with Gasteiger partial charge in [-0.3, -0.25) is 4.90 Å². The van der Waals surface area contributed by atoms with Crippen LogP contribution < -0.4 is 5.32 Å². The van der Waals surface area contributed by atoms with Gasteiger partial charge in [-0.05, 0) is 18.6 Å². The summed E-state index contributed by atoms with van der Waals surface area (Å²) < 4.78 is 5.15. The second-order valence-corrected chi connectivity index (χ2v) is 5.55. The van der Waals surface area contributed by atoms with E-state index in [2.05, 4.69) is 21.4 Å².